The van der Waals surface area contributed by atoms with Crippen molar-refractivity contribution in [2.75, 3.05) is 11.1 Å². The fraction of sp³-hybridized carbons (Fsp3) is 0. The number of benzene rings is 1. The predicted molar refractivity (Wildman–Crippen MR) is 87.4 cm³/mol. The SMILES string of the molecule is Nc1cccc(C(=O)Nc2ccnc(Oc3cccnc3)c2)c1. The van der Waals surface area contributed by atoms with E-state index in [1.807, 2.05) is 0 Å². The molecule has 6 heteroatoms. The van der Waals surface area contributed by atoms with E-state index in [1.54, 1.807) is 67.1 Å². The first-order valence-corrected chi connectivity index (χ1v) is 6.91. The molecule has 2 heterocycles. The highest BCUT2D eigenvalue weighted by Crippen LogP contribution is 2.21. The summed E-state index contributed by atoms with van der Waals surface area (Å²) in [6, 6.07) is 13.6. The van der Waals surface area contributed by atoms with Gasteiger partial charge in [0.2, 0.25) is 5.88 Å². The van der Waals surface area contributed by atoms with Crippen molar-refractivity contribution in [3.8, 4) is 11.6 Å². The van der Waals surface area contributed by atoms with E-state index < -0.39 is 0 Å². The zero-order chi connectivity index (χ0) is 16.1. The van der Waals surface area contributed by atoms with Crippen LogP contribution in [0.15, 0.2) is 67.1 Å². The summed E-state index contributed by atoms with van der Waals surface area (Å²) >= 11 is 0. The number of nitrogen functional groups attached to an aromatic ring is 1. The van der Waals surface area contributed by atoms with Crippen LogP contribution >= 0.6 is 0 Å². The lowest BCUT2D eigenvalue weighted by Crippen LogP contribution is -2.12. The summed E-state index contributed by atoms with van der Waals surface area (Å²) in [5.74, 6) is 0.679. The van der Waals surface area contributed by atoms with Crippen LogP contribution in [0.25, 0.3) is 0 Å². The Balaban J connectivity index is 1.74. The molecule has 0 spiro atoms. The number of amides is 1. The number of aromatic nitrogens is 2. The first-order valence-electron chi connectivity index (χ1n) is 6.91. The van der Waals surface area contributed by atoms with Crippen LogP contribution < -0.4 is 15.8 Å². The van der Waals surface area contributed by atoms with Crippen molar-refractivity contribution in [2.24, 2.45) is 0 Å². The molecule has 1 aromatic carbocycles. The lowest BCUT2D eigenvalue weighted by Gasteiger charge is -2.08. The largest absolute Gasteiger partial charge is 0.437 e. The van der Waals surface area contributed by atoms with Gasteiger partial charge >= 0.3 is 0 Å². The quantitative estimate of drug-likeness (QED) is 0.723. The van der Waals surface area contributed by atoms with Crippen LogP contribution in [-0.4, -0.2) is 15.9 Å². The van der Waals surface area contributed by atoms with Gasteiger partial charge in [-0.2, -0.15) is 0 Å². The summed E-state index contributed by atoms with van der Waals surface area (Å²) in [5.41, 5.74) is 7.28. The van der Waals surface area contributed by atoms with Gasteiger partial charge in [-0.1, -0.05) is 6.07 Å². The van der Waals surface area contributed by atoms with Crippen LogP contribution in [0.4, 0.5) is 11.4 Å². The fourth-order valence-corrected chi connectivity index (χ4v) is 1.95. The minimum Gasteiger partial charge on any atom is -0.437 e. The third-order valence-corrected chi connectivity index (χ3v) is 3.00. The van der Waals surface area contributed by atoms with E-state index in [1.165, 1.54) is 0 Å². The summed E-state index contributed by atoms with van der Waals surface area (Å²) in [4.78, 5) is 20.3. The number of hydrogen-bond donors (Lipinski definition) is 2. The molecule has 0 saturated heterocycles. The van der Waals surface area contributed by atoms with Crippen LogP contribution in [-0.2, 0) is 0 Å². The Morgan fingerprint density at radius 2 is 2.00 bits per heavy atom. The first kappa shape index (κ1) is 14.5. The van der Waals surface area contributed by atoms with Crippen LogP contribution in [0.5, 0.6) is 11.6 Å². The molecule has 0 unspecified atom stereocenters. The van der Waals surface area contributed by atoms with Crippen molar-refractivity contribution in [1.29, 1.82) is 0 Å². The zero-order valence-corrected chi connectivity index (χ0v) is 12.1. The number of carbonyl (C=O) groups excluding carboxylic acids is 1. The zero-order valence-electron chi connectivity index (χ0n) is 12.1. The van der Waals surface area contributed by atoms with Crippen molar-refractivity contribution < 1.29 is 9.53 Å². The van der Waals surface area contributed by atoms with Gasteiger partial charge in [-0.25, -0.2) is 4.98 Å². The first-order chi connectivity index (χ1) is 11.2. The highest BCUT2D eigenvalue weighted by atomic mass is 16.5. The van der Waals surface area contributed by atoms with E-state index in [-0.39, 0.29) is 5.91 Å². The van der Waals surface area contributed by atoms with Crippen molar-refractivity contribution in [3.63, 3.8) is 0 Å². The lowest BCUT2D eigenvalue weighted by atomic mass is 10.2. The summed E-state index contributed by atoms with van der Waals surface area (Å²) < 4.78 is 5.58. The summed E-state index contributed by atoms with van der Waals surface area (Å²) in [7, 11) is 0. The maximum Gasteiger partial charge on any atom is 0.255 e. The molecular weight excluding hydrogens is 292 g/mol. The fourth-order valence-electron chi connectivity index (χ4n) is 1.95. The van der Waals surface area contributed by atoms with Gasteiger partial charge in [-0.15, -0.1) is 0 Å². The van der Waals surface area contributed by atoms with Gasteiger partial charge in [-0.3, -0.25) is 9.78 Å². The molecule has 23 heavy (non-hydrogen) atoms. The van der Waals surface area contributed by atoms with Crippen molar-refractivity contribution in [2.45, 2.75) is 0 Å². The molecular formula is C17H14N4O2. The highest BCUT2D eigenvalue weighted by molar-refractivity contribution is 6.04. The van der Waals surface area contributed by atoms with Crippen molar-refractivity contribution in [1.82, 2.24) is 9.97 Å². The van der Waals surface area contributed by atoms with Gasteiger partial charge in [-0.05, 0) is 36.4 Å². The van der Waals surface area contributed by atoms with Gasteiger partial charge in [0.05, 0.1) is 6.20 Å². The summed E-state index contributed by atoms with van der Waals surface area (Å²) in [5, 5.41) is 2.78. The molecule has 3 N–H and O–H groups in total. The number of ether oxygens (including phenoxy) is 1. The van der Waals surface area contributed by atoms with Gasteiger partial charge in [0, 0.05) is 35.4 Å². The second kappa shape index (κ2) is 6.57. The minimum atomic E-state index is -0.254. The maximum atomic E-state index is 12.2. The van der Waals surface area contributed by atoms with Gasteiger partial charge in [0.15, 0.2) is 0 Å². The molecule has 3 aromatic rings. The number of pyridine rings is 2. The molecule has 0 aliphatic carbocycles. The van der Waals surface area contributed by atoms with Crippen molar-refractivity contribution in [3.05, 3.63) is 72.7 Å². The van der Waals surface area contributed by atoms with Gasteiger partial charge in [0.25, 0.3) is 5.91 Å². The molecule has 3 rings (SSSR count). The molecule has 0 aliphatic heterocycles. The topological polar surface area (TPSA) is 90.1 Å². The summed E-state index contributed by atoms with van der Waals surface area (Å²) in [6.45, 7) is 0. The van der Waals surface area contributed by atoms with E-state index >= 15 is 0 Å². The Morgan fingerprint density at radius 1 is 1.09 bits per heavy atom. The molecule has 114 valence electrons. The average molecular weight is 306 g/mol. The Kier molecular flexibility index (Phi) is 4.15. The van der Waals surface area contributed by atoms with Crippen LogP contribution in [0.1, 0.15) is 10.4 Å². The van der Waals surface area contributed by atoms with Gasteiger partial charge in [0.1, 0.15) is 5.75 Å². The Hall–Kier alpha value is -3.41. The summed E-state index contributed by atoms with van der Waals surface area (Å²) in [6.07, 6.45) is 4.79. The second-order valence-electron chi connectivity index (χ2n) is 4.75. The van der Waals surface area contributed by atoms with Gasteiger partial charge < -0.3 is 15.8 Å². The van der Waals surface area contributed by atoms with Crippen LogP contribution in [0.2, 0.25) is 0 Å². The average Bonchev–Trinajstić information content (AvgIpc) is 2.56. The molecule has 0 bridgehead atoms. The number of hydrogen-bond acceptors (Lipinski definition) is 5. The third kappa shape index (κ3) is 3.82. The number of nitrogens with two attached hydrogens (primary N) is 1. The van der Waals surface area contributed by atoms with Crippen LogP contribution in [0.3, 0.4) is 0 Å². The normalized spacial score (nSPS) is 10.1. The van der Waals surface area contributed by atoms with E-state index in [2.05, 4.69) is 15.3 Å². The standard InChI is InChI=1S/C17H14N4O2/c18-13-4-1-3-12(9-13)17(22)21-14-6-8-20-16(10-14)23-15-5-2-7-19-11-15/h1-11H,18H2,(H,20,21,22). The van der Waals surface area contributed by atoms with E-state index in [9.17, 15) is 4.79 Å². The minimum absolute atomic E-state index is 0.254. The number of rotatable bonds is 4. The lowest BCUT2D eigenvalue weighted by molar-refractivity contribution is 0.102. The molecule has 0 fully saturated rings. The molecule has 0 radical (unpaired) electrons. The molecule has 0 atom stereocenters. The van der Waals surface area contributed by atoms with Crippen molar-refractivity contribution >= 4 is 17.3 Å². The second-order valence-corrected chi connectivity index (χ2v) is 4.75. The monoisotopic (exact) mass is 306 g/mol. The third-order valence-electron chi connectivity index (χ3n) is 3.00. The number of carbonyl (C=O) groups is 1. The Bertz CT molecular complexity index is 822. The van der Waals surface area contributed by atoms with E-state index in [0.29, 0.717) is 28.6 Å². The molecule has 1 amide bonds. The number of anilines is 2. The van der Waals surface area contributed by atoms with E-state index in [0.717, 1.165) is 0 Å². The Labute approximate surface area is 133 Å². The Morgan fingerprint density at radius 3 is 2.78 bits per heavy atom. The molecule has 0 saturated carbocycles. The van der Waals surface area contributed by atoms with E-state index in [4.69, 9.17) is 10.5 Å². The molecule has 6 nitrogen and oxygen atoms in total. The predicted octanol–water partition coefficient (Wildman–Crippen LogP) is 3.10. The molecule has 2 aromatic heterocycles. The van der Waals surface area contributed by atoms with Crippen LogP contribution in [0, 0.1) is 0 Å². The highest BCUT2D eigenvalue weighted by Gasteiger charge is 2.07. The maximum absolute atomic E-state index is 12.2. The smallest absolute Gasteiger partial charge is 0.255 e. The number of nitrogens with zero attached hydrogens (tertiary/aromatic N) is 2. The number of nitrogens with one attached hydrogen (secondary N) is 1. The molecule has 0 aliphatic rings.